The fourth-order valence-electron chi connectivity index (χ4n) is 3.41. The Labute approximate surface area is 151 Å². The van der Waals surface area contributed by atoms with Crippen LogP contribution in [0.4, 0.5) is 14.5 Å². The number of anilines is 1. The van der Waals surface area contributed by atoms with E-state index in [1.54, 1.807) is 18.2 Å². The molecule has 4 rings (SSSR count). The van der Waals surface area contributed by atoms with Gasteiger partial charge >= 0.3 is 0 Å². The molecule has 1 saturated carbocycles. The smallest absolute Gasteiger partial charge is 0.235 e. The Morgan fingerprint density at radius 3 is 2.48 bits per heavy atom. The minimum atomic E-state index is -0.655. The monoisotopic (exact) mass is 364 g/mol. The van der Waals surface area contributed by atoms with Crippen LogP contribution in [0.2, 0.25) is 0 Å². The van der Waals surface area contributed by atoms with Gasteiger partial charge in [-0.15, -0.1) is 12.4 Å². The summed E-state index contributed by atoms with van der Waals surface area (Å²) in [6.45, 7) is 1.39. The summed E-state index contributed by atoms with van der Waals surface area (Å²) in [6, 6.07) is 9.47. The van der Waals surface area contributed by atoms with Crippen molar-refractivity contribution in [3.8, 4) is 0 Å². The van der Waals surface area contributed by atoms with Crippen LogP contribution in [-0.4, -0.2) is 12.5 Å². The van der Waals surface area contributed by atoms with E-state index in [0.29, 0.717) is 31.4 Å². The molecule has 0 aromatic heterocycles. The van der Waals surface area contributed by atoms with E-state index in [1.807, 2.05) is 6.07 Å². The molecule has 1 heterocycles. The minimum Gasteiger partial charge on any atom is -0.323 e. The number of rotatable bonds is 3. The maximum atomic E-state index is 14.7. The Kier molecular flexibility index (Phi) is 4.80. The number of benzene rings is 2. The maximum Gasteiger partial charge on any atom is 0.235 e. The van der Waals surface area contributed by atoms with E-state index in [0.717, 1.165) is 17.7 Å². The first-order valence-corrected chi connectivity index (χ1v) is 8.19. The van der Waals surface area contributed by atoms with Gasteiger partial charge in [0.25, 0.3) is 0 Å². The van der Waals surface area contributed by atoms with E-state index < -0.39 is 5.41 Å². The predicted octanol–water partition coefficient (Wildman–Crippen LogP) is 3.70. The molecular weight excluding hydrogens is 346 g/mol. The molecule has 0 atom stereocenters. The van der Waals surface area contributed by atoms with E-state index >= 15 is 0 Å². The second-order valence-corrected chi connectivity index (χ2v) is 6.53. The van der Waals surface area contributed by atoms with Gasteiger partial charge in [-0.25, -0.2) is 8.78 Å². The van der Waals surface area contributed by atoms with Crippen LogP contribution >= 0.6 is 12.4 Å². The number of hydrogen-bond acceptors (Lipinski definition) is 2. The van der Waals surface area contributed by atoms with Crippen LogP contribution in [-0.2, 0) is 23.2 Å². The van der Waals surface area contributed by atoms with Crippen LogP contribution in [0.15, 0.2) is 36.4 Å². The number of halogens is 3. The average molecular weight is 365 g/mol. The molecule has 2 N–H and O–H groups in total. The lowest BCUT2D eigenvalue weighted by molar-refractivity contribution is -0.118. The van der Waals surface area contributed by atoms with Gasteiger partial charge in [-0.05, 0) is 60.7 Å². The molecule has 1 aliphatic heterocycles. The van der Waals surface area contributed by atoms with Crippen LogP contribution in [0.25, 0.3) is 0 Å². The molecular formula is C19H19ClF2N2O. The Morgan fingerprint density at radius 1 is 1.08 bits per heavy atom. The topological polar surface area (TPSA) is 41.1 Å². The molecule has 0 spiro atoms. The molecule has 132 valence electrons. The van der Waals surface area contributed by atoms with Crippen molar-refractivity contribution in [1.82, 2.24) is 5.32 Å². The lowest BCUT2D eigenvalue weighted by Gasteiger charge is -2.21. The molecule has 6 heteroatoms. The van der Waals surface area contributed by atoms with Gasteiger partial charge in [0.2, 0.25) is 5.91 Å². The van der Waals surface area contributed by atoms with E-state index in [9.17, 15) is 13.6 Å². The molecule has 1 fully saturated rings. The van der Waals surface area contributed by atoms with Crippen molar-refractivity contribution in [1.29, 1.82) is 0 Å². The van der Waals surface area contributed by atoms with Crippen molar-refractivity contribution in [3.05, 3.63) is 64.7 Å². The first-order chi connectivity index (χ1) is 11.6. The van der Waals surface area contributed by atoms with Crippen molar-refractivity contribution >= 4 is 24.0 Å². The molecule has 0 radical (unpaired) electrons. The van der Waals surface area contributed by atoms with E-state index in [-0.39, 0.29) is 35.6 Å². The Bertz CT molecular complexity index is 804. The van der Waals surface area contributed by atoms with Crippen LogP contribution in [0.1, 0.15) is 29.5 Å². The van der Waals surface area contributed by atoms with Gasteiger partial charge in [-0.1, -0.05) is 18.2 Å². The zero-order valence-electron chi connectivity index (χ0n) is 13.6. The Morgan fingerprint density at radius 2 is 1.80 bits per heavy atom. The first kappa shape index (κ1) is 17.8. The zero-order chi connectivity index (χ0) is 16.7. The average Bonchev–Trinajstić information content (AvgIpc) is 3.40. The third-order valence-corrected chi connectivity index (χ3v) is 5.04. The van der Waals surface area contributed by atoms with E-state index in [4.69, 9.17) is 0 Å². The highest BCUT2D eigenvalue weighted by Gasteiger charge is 2.51. The highest BCUT2D eigenvalue weighted by atomic mass is 35.5. The molecule has 0 unspecified atom stereocenters. The summed E-state index contributed by atoms with van der Waals surface area (Å²) in [5, 5.41) is 5.95. The van der Waals surface area contributed by atoms with Gasteiger partial charge in [-0.3, -0.25) is 4.79 Å². The lowest BCUT2D eigenvalue weighted by Crippen LogP contribution is -2.29. The normalized spacial score (nSPS) is 17.2. The Balaban J connectivity index is 0.00000182. The van der Waals surface area contributed by atoms with E-state index in [2.05, 4.69) is 10.6 Å². The molecule has 2 aromatic rings. The second-order valence-electron chi connectivity index (χ2n) is 6.53. The highest BCUT2D eigenvalue weighted by molar-refractivity contribution is 6.01. The largest absolute Gasteiger partial charge is 0.323 e. The predicted molar refractivity (Wildman–Crippen MR) is 95.0 cm³/mol. The Hall–Kier alpha value is -1.98. The molecule has 2 aromatic carbocycles. The number of nitrogens with one attached hydrogen (secondary N) is 2. The van der Waals surface area contributed by atoms with Crippen molar-refractivity contribution in [2.45, 2.75) is 31.2 Å². The molecule has 0 saturated heterocycles. The van der Waals surface area contributed by atoms with Crippen molar-refractivity contribution in [3.63, 3.8) is 0 Å². The lowest BCUT2D eigenvalue weighted by atomic mass is 9.94. The summed E-state index contributed by atoms with van der Waals surface area (Å²) >= 11 is 0. The maximum absolute atomic E-state index is 14.7. The highest BCUT2D eigenvalue weighted by Crippen LogP contribution is 2.49. The van der Waals surface area contributed by atoms with Crippen molar-refractivity contribution in [2.75, 3.05) is 11.9 Å². The second kappa shape index (κ2) is 6.73. The summed E-state index contributed by atoms with van der Waals surface area (Å²) in [4.78, 5) is 12.7. The minimum absolute atomic E-state index is 0. The first-order valence-electron chi connectivity index (χ1n) is 8.19. The van der Waals surface area contributed by atoms with E-state index in [1.165, 1.54) is 12.1 Å². The van der Waals surface area contributed by atoms with Gasteiger partial charge < -0.3 is 10.6 Å². The number of hydrogen-bond donors (Lipinski definition) is 2. The van der Waals surface area contributed by atoms with Gasteiger partial charge in [-0.2, -0.15) is 0 Å². The summed E-state index contributed by atoms with van der Waals surface area (Å²) in [5.41, 5.74) is 1.98. The zero-order valence-corrected chi connectivity index (χ0v) is 14.4. The summed E-state index contributed by atoms with van der Waals surface area (Å²) < 4.78 is 27.8. The van der Waals surface area contributed by atoms with Gasteiger partial charge in [0.15, 0.2) is 0 Å². The third-order valence-electron chi connectivity index (χ3n) is 5.04. The van der Waals surface area contributed by atoms with Crippen LogP contribution < -0.4 is 10.6 Å². The number of carbonyl (C=O) groups excluding carboxylic acids is 1. The molecule has 1 aliphatic carbocycles. The fraction of sp³-hybridized carbons (Fsp3) is 0.316. The fourth-order valence-corrected chi connectivity index (χ4v) is 3.41. The van der Waals surface area contributed by atoms with Crippen molar-refractivity contribution in [2.24, 2.45) is 0 Å². The number of amides is 1. The quantitative estimate of drug-likeness (QED) is 0.871. The van der Waals surface area contributed by atoms with Crippen LogP contribution in [0, 0.1) is 11.6 Å². The van der Waals surface area contributed by atoms with Crippen LogP contribution in [0.3, 0.4) is 0 Å². The summed E-state index contributed by atoms with van der Waals surface area (Å²) in [6.07, 6.45) is 2.01. The van der Waals surface area contributed by atoms with Crippen LogP contribution in [0.5, 0.6) is 0 Å². The molecule has 0 bridgehead atoms. The van der Waals surface area contributed by atoms with Crippen molar-refractivity contribution < 1.29 is 13.6 Å². The van der Waals surface area contributed by atoms with Gasteiger partial charge in [0.05, 0.1) is 11.1 Å². The number of fused-ring (bicyclic) bond motifs is 1. The third kappa shape index (κ3) is 3.14. The van der Waals surface area contributed by atoms with Gasteiger partial charge in [0.1, 0.15) is 11.6 Å². The standard InChI is InChI=1S/C19H18F2N2O.ClH/c20-14-4-2-13(3-5-14)19(8-9-19)18(24)23-16-6-1-12-11-22-10-7-15(12)17(16)21;/h1-6,22H,7-11H2,(H,23,24);1H. The SMILES string of the molecule is Cl.O=C(Nc1ccc2c(c1F)CCNC2)C1(c2ccc(F)cc2)CC1. The molecule has 25 heavy (non-hydrogen) atoms. The summed E-state index contributed by atoms with van der Waals surface area (Å²) in [7, 11) is 0. The molecule has 2 aliphatic rings. The summed E-state index contributed by atoms with van der Waals surface area (Å²) in [5.74, 6) is -0.886. The number of carbonyl (C=O) groups is 1. The van der Waals surface area contributed by atoms with Gasteiger partial charge in [0, 0.05) is 6.54 Å². The molecule has 1 amide bonds. The molecule has 3 nitrogen and oxygen atoms in total.